The predicted octanol–water partition coefficient (Wildman–Crippen LogP) is 9.36. The van der Waals surface area contributed by atoms with E-state index in [0.717, 1.165) is 31.5 Å². The third-order valence-corrected chi connectivity index (χ3v) is 16.1. The lowest BCUT2D eigenvalue weighted by molar-refractivity contribution is -0.144. The van der Waals surface area contributed by atoms with Gasteiger partial charge in [-0.2, -0.15) is 36.5 Å². The summed E-state index contributed by atoms with van der Waals surface area (Å²) in [6.07, 6.45) is -7.14. The number of ether oxygens (including phenoxy) is 2. The van der Waals surface area contributed by atoms with E-state index in [1.807, 2.05) is 100 Å². The molecule has 2 fully saturated rings. The number of amides is 2. The molecule has 0 aliphatic carbocycles. The highest BCUT2D eigenvalue weighted by molar-refractivity contribution is 6.01. The first-order valence-corrected chi connectivity index (χ1v) is 27.9. The van der Waals surface area contributed by atoms with Crippen molar-refractivity contribution in [1.29, 1.82) is 0 Å². The molecule has 0 saturated carbocycles. The molecule has 2 saturated heterocycles. The van der Waals surface area contributed by atoms with Crippen LogP contribution in [0.4, 0.5) is 37.7 Å². The first-order valence-electron chi connectivity index (χ1n) is 27.9. The molecule has 2 aliphatic heterocycles. The van der Waals surface area contributed by atoms with Crippen molar-refractivity contribution in [2.75, 3.05) is 105 Å². The largest absolute Gasteiger partial charge is 0.497 e. The van der Waals surface area contributed by atoms with Crippen LogP contribution in [0, 0.1) is 13.8 Å². The number of fused-ring (bicyclic) bond motifs is 2. The average Bonchev–Trinajstić information content (AvgIpc) is 1.73. The van der Waals surface area contributed by atoms with Crippen molar-refractivity contribution in [2.24, 2.45) is 0 Å². The number of hydrogen-bond acceptors (Lipinski definition) is 14. The number of alkyl halides is 6. The fourth-order valence-electron chi connectivity index (χ4n) is 11.5. The summed E-state index contributed by atoms with van der Waals surface area (Å²) in [7, 11) is 10.8. The molecule has 456 valence electrons. The Balaban J connectivity index is 0.000000205. The lowest BCUT2D eigenvalue weighted by atomic mass is 10.0. The minimum absolute atomic E-state index is 0.00189. The first-order chi connectivity index (χ1) is 40.9. The van der Waals surface area contributed by atoms with E-state index < -0.39 is 35.6 Å². The molecule has 6 heterocycles. The summed E-state index contributed by atoms with van der Waals surface area (Å²) in [4.78, 5) is 48.4. The fraction of sp³-hybridized carbons (Fsp3) is 0.387. The van der Waals surface area contributed by atoms with Crippen LogP contribution in [0.5, 0.6) is 11.5 Å². The van der Waals surface area contributed by atoms with Gasteiger partial charge in [0.1, 0.15) is 22.6 Å². The summed E-state index contributed by atoms with van der Waals surface area (Å²) in [6.45, 7) is 8.84. The van der Waals surface area contributed by atoms with Crippen LogP contribution in [-0.2, 0) is 12.4 Å². The highest BCUT2D eigenvalue weighted by Gasteiger charge is 2.42. The van der Waals surface area contributed by atoms with Gasteiger partial charge in [0, 0.05) is 113 Å². The lowest BCUT2D eigenvalue weighted by Crippen LogP contribution is -2.55. The molecular weight excluding hydrogens is 1120 g/mol. The number of anilines is 2. The Morgan fingerprint density at radius 1 is 0.581 bits per heavy atom. The van der Waals surface area contributed by atoms with E-state index >= 15 is 0 Å². The summed E-state index contributed by atoms with van der Waals surface area (Å²) >= 11 is 0. The van der Waals surface area contributed by atoms with Gasteiger partial charge in [0.05, 0.1) is 63.3 Å². The van der Waals surface area contributed by atoms with Gasteiger partial charge >= 0.3 is 12.4 Å². The maximum absolute atomic E-state index is 14.3. The molecule has 2 amide bonds. The van der Waals surface area contributed by atoms with Gasteiger partial charge in [0.15, 0.2) is 22.7 Å². The monoisotopic (exact) mass is 1190 g/mol. The van der Waals surface area contributed by atoms with E-state index in [4.69, 9.17) is 9.47 Å². The zero-order valence-electron chi connectivity index (χ0n) is 49.5. The van der Waals surface area contributed by atoms with Crippen molar-refractivity contribution < 1.29 is 55.6 Å². The number of methoxy groups -OCH3 is 2. The highest BCUT2D eigenvalue weighted by Crippen LogP contribution is 2.40. The van der Waals surface area contributed by atoms with Crippen LogP contribution in [-0.4, -0.2) is 178 Å². The number of benzene rings is 4. The molecule has 10 rings (SSSR count). The molecule has 8 aromatic rings. The lowest BCUT2D eigenvalue weighted by Gasteiger charge is -2.43. The van der Waals surface area contributed by atoms with Crippen molar-refractivity contribution in [1.82, 2.24) is 48.8 Å². The van der Waals surface area contributed by atoms with Gasteiger partial charge in [-0.1, -0.05) is 24.3 Å². The van der Waals surface area contributed by atoms with E-state index in [1.54, 1.807) is 58.3 Å². The zero-order chi connectivity index (χ0) is 62.1. The number of hydrogen-bond donors (Lipinski definition) is 2. The predicted molar refractivity (Wildman–Crippen MR) is 315 cm³/mol. The number of nitrogens with zero attached hydrogens (tertiary/aromatic N) is 12. The second-order valence-electron chi connectivity index (χ2n) is 22.0. The van der Waals surface area contributed by atoms with E-state index in [-0.39, 0.29) is 82.3 Å². The molecule has 0 radical (unpaired) electrons. The number of rotatable bonds is 14. The van der Waals surface area contributed by atoms with E-state index in [9.17, 15) is 46.1 Å². The van der Waals surface area contributed by atoms with Crippen LogP contribution in [0.3, 0.4) is 0 Å². The Morgan fingerprint density at radius 3 is 1.24 bits per heavy atom. The summed E-state index contributed by atoms with van der Waals surface area (Å²) in [5.74, 6) is 0.228. The zero-order valence-corrected chi connectivity index (χ0v) is 49.5. The molecule has 0 bridgehead atoms. The van der Waals surface area contributed by atoms with Crippen molar-refractivity contribution in [2.45, 2.75) is 64.2 Å². The molecule has 86 heavy (non-hydrogen) atoms. The maximum atomic E-state index is 14.3. The standard InChI is InChI=1S/2C31H35F3N6O3/c2*1-19-17-38(26(18-41)22-7-6-8-23(15-22)37(3)4)13-14-39(19)30(42)25-16-35-40-28(31(32,33)34)20(2)27(36-29(25)40)21-9-11-24(43-5)12-10-21/h2*6-12,15-16,19,26,41H,13-14,17-18H2,1-5H3/t19-,26+;19-,26-/m11/s1. The van der Waals surface area contributed by atoms with E-state index in [0.29, 0.717) is 61.9 Å². The van der Waals surface area contributed by atoms with Gasteiger partial charge in [-0.25, -0.2) is 19.0 Å². The Kier molecular flexibility index (Phi) is 18.3. The van der Waals surface area contributed by atoms with Gasteiger partial charge in [0.25, 0.3) is 11.8 Å². The molecule has 4 aromatic heterocycles. The van der Waals surface area contributed by atoms with Crippen molar-refractivity contribution >= 4 is 34.5 Å². The second-order valence-corrected chi connectivity index (χ2v) is 22.0. The quantitative estimate of drug-likeness (QED) is 0.0987. The average molecular weight is 1190 g/mol. The normalized spacial score (nSPS) is 16.9. The molecular formula is C62H70F6N12O6. The summed E-state index contributed by atoms with van der Waals surface area (Å²) in [5, 5.41) is 28.6. The Morgan fingerprint density at radius 2 is 0.942 bits per heavy atom. The third kappa shape index (κ3) is 12.5. The number of aliphatic hydroxyl groups is 2. The summed E-state index contributed by atoms with van der Waals surface area (Å²) in [6, 6.07) is 27.9. The summed E-state index contributed by atoms with van der Waals surface area (Å²) < 4.78 is 97.9. The molecule has 0 unspecified atom stereocenters. The van der Waals surface area contributed by atoms with Gasteiger partial charge in [-0.05, 0) is 112 Å². The highest BCUT2D eigenvalue weighted by atomic mass is 19.4. The van der Waals surface area contributed by atoms with Crippen LogP contribution in [0.2, 0.25) is 0 Å². The molecule has 18 nitrogen and oxygen atoms in total. The Bertz CT molecular complexity index is 3480. The van der Waals surface area contributed by atoms with Crippen molar-refractivity contribution in [3.63, 3.8) is 0 Å². The molecule has 24 heteroatoms. The van der Waals surface area contributed by atoms with E-state index in [1.165, 1.54) is 40.5 Å². The number of carbonyl (C=O) groups excluding carboxylic acids is 2. The number of aliphatic hydroxyl groups excluding tert-OH is 2. The maximum Gasteiger partial charge on any atom is 0.433 e. The first kappa shape index (κ1) is 62.2. The van der Waals surface area contributed by atoms with Crippen molar-refractivity contribution in [3.8, 4) is 34.0 Å². The minimum atomic E-state index is -4.74. The number of aromatic nitrogens is 6. The third-order valence-electron chi connectivity index (χ3n) is 16.1. The fourth-order valence-corrected chi connectivity index (χ4v) is 11.5. The minimum Gasteiger partial charge on any atom is -0.497 e. The van der Waals surface area contributed by atoms with E-state index in [2.05, 4.69) is 30.0 Å². The molecule has 0 spiro atoms. The molecule has 4 atom stereocenters. The topological polar surface area (TPSA) is 173 Å². The van der Waals surface area contributed by atoms with Crippen LogP contribution >= 0.6 is 0 Å². The number of halogens is 6. The summed E-state index contributed by atoms with van der Waals surface area (Å²) in [5.41, 5.74) is 2.64. The number of carbonyl (C=O) groups is 2. The molecule has 2 N–H and O–H groups in total. The van der Waals surface area contributed by atoms with Gasteiger partial charge in [-0.15, -0.1) is 0 Å². The Labute approximate surface area is 494 Å². The van der Waals surface area contributed by atoms with Crippen LogP contribution in [0.1, 0.15) is 80.3 Å². The van der Waals surface area contributed by atoms with Gasteiger partial charge in [0.2, 0.25) is 0 Å². The number of piperazine rings is 2. The van der Waals surface area contributed by atoms with Crippen LogP contribution in [0.25, 0.3) is 33.8 Å². The second kappa shape index (κ2) is 25.3. The molecule has 2 aliphatic rings. The van der Waals surface area contributed by atoms with Crippen LogP contribution < -0.4 is 19.3 Å². The molecule has 4 aromatic carbocycles. The van der Waals surface area contributed by atoms with Crippen molar-refractivity contribution in [3.05, 3.63) is 154 Å². The Hall–Kier alpha value is -8.32. The smallest absolute Gasteiger partial charge is 0.433 e. The SMILES string of the molecule is COc1ccc(-c2nc3c(C(=O)N4CCN([C@@H](CO)c5cccc(N(C)C)c5)C[C@H]4C)cnn3c(C(F)(F)F)c2C)cc1.COc1ccc(-c2nc3c(C(=O)N4CCN([C@H](CO)c5cccc(N(C)C)c5)C[C@H]4C)cnn3c(C(F)(F)F)c2C)cc1. The van der Waals surface area contributed by atoms with Gasteiger partial charge in [-0.3, -0.25) is 19.4 Å². The van der Waals surface area contributed by atoms with Crippen LogP contribution in [0.15, 0.2) is 109 Å². The van der Waals surface area contributed by atoms with Gasteiger partial charge < -0.3 is 39.3 Å².